The minimum absolute atomic E-state index is 0.00162. The lowest BCUT2D eigenvalue weighted by atomic mass is 10.2. The van der Waals surface area contributed by atoms with Crippen LogP contribution in [0.15, 0.2) is 18.2 Å². The number of nitro benzene ring substituents is 1. The number of nitrogens with zero attached hydrogens (tertiary/aromatic N) is 1. The fraction of sp³-hybridized carbons (Fsp3) is 0.364. The van der Waals surface area contributed by atoms with E-state index in [1.54, 1.807) is 20.8 Å². The Balaban J connectivity index is 2.93. The largest absolute Gasteiger partial charge is 0.444 e. The Bertz CT molecular complexity index is 482. The normalized spacial score (nSPS) is 10.9. The van der Waals surface area contributed by atoms with Crippen molar-refractivity contribution in [2.75, 3.05) is 5.32 Å². The Hall–Kier alpha value is -1.82. The van der Waals surface area contributed by atoms with Gasteiger partial charge in [0, 0.05) is 11.1 Å². The molecule has 0 aromatic heterocycles. The average molecular weight is 273 g/mol. The number of halogens is 1. The van der Waals surface area contributed by atoms with Crippen LogP contribution < -0.4 is 5.32 Å². The van der Waals surface area contributed by atoms with Gasteiger partial charge in [-0.1, -0.05) is 11.6 Å². The highest BCUT2D eigenvalue weighted by molar-refractivity contribution is 6.31. The zero-order chi connectivity index (χ0) is 13.9. The van der Waals surface area contributed by atoms with Crippen LogP contribution in [0.2, 0.25) is 5.02 Å². The number of amides is 1. The van der Waals surface area contributed by atoms with Gasteiger partial charge in [-0.3, -0.25) is 15.4 Å². The number of nitro groups is 1. The molecule has 98 valence electrons. The molecule has 1 aromatic carbocycles. The molecule has 0 unspecified atom stereocenters. The smallest absolute Gasteiger partial charge is 0.412 e. The summed E-state index contributed by atoms with van der Waals surface area (Å²) in [6.07, 6.45) is -0.770. The van der Waals surface area contributed by atoms with Gasteiger partial charge in [0.05, 0.1) is 4.92 Å². The molecule has 0 saturated heterocycles. The van der Waals surface area contributed by atoms with Gasteiger partial charge in [0.2, 0.25) is 0 Å². The summed E-state index contributed by atoms with van der Waals surface area (Å²) in [5.41, 5.74) is -0.927. The van der Waals surface area contributed by atoms with E-state index in [1.165, 1.54) is 18.2 Å². The van der Waals surface area contributed by atoms with E-state index in [-0.39, 0.29) is 16.4 Å². The van der Waals surface area contributed by atoms with Gasteiger partial charge < -0.3 is 4.74 Å². The van der Waals surface area contributed by atoms with Crippen molar-refractivity contribution < 1.29 is 14.5 Å². The second-order valence-electron chi connectivity index (χ2n) is 4.55. The molecule has 0 heterocycles. The second-order valence-corrected chi connectivity index (χ2v) is 4.98. The Labute approximate surface area is 109 Å². The van der Waals surface area contributed by atoms with E-state index in [9.17, 15) is 14.9 Å². The molecule has 0 aliphatic carbocycles. The summed E-state index contributed by atoms with van der Waals surface area (Å²) in [4.78, 5) is 21.7. The summed E-state index contributed by atoms with van der Waals surface area (Å²) in [5.74, 6) is 0. The third kappa shape index (κ3) is 4.21. The van der Waals surface area contributed by atoms with E-state index in [0.29, 0.717) is 0 Å². The van der Waals surface area contributed by atoms with Crippen LogP contribution in [0, 0.1) is 10.1 Å². The molecule has 0 fully saturated rings. The number of benzene rings is 1. The quantitative estimate of drug-likeness (QED) is 0.659. The van der Waals surface area contributed by atoms with Crippen LogP contribution in [-0.4, -0.2) is 16.6 Å². The molecule has 1 amide bonds. The van der Waals surface area contributed by atoms with Crippen molar-refractivity contribution in [1.82, 2.24) is 0 Å². The van der Waals surface area contributed by atoms with Crippen LogP contribution in [-0.2, 0) is 4.74 Å². The molecule has 18 heavy (non-hydrogen) atoms. The third-order valence-electron chi connectivity index (χ3n) is 1.79. The van der Waals surface area contributed by atoms with Crippen molar-refractivity contribution in [3.8, 4) is 0 Å². The van der Waals surface area contributed by atoms with Crippen LogP contribution in [0.5, 0.6) is 0 Å². The number of carbonyl (C=O) groups is 1. The predicted molar refractivity (Wildman–Crippen MR) is 68.0 cm³/mol. The fourth-order valence-corrected chi connectivity index (χ4v) is 1.35. The van der Waals surface area contributed by atoms with E-state index in [0.717, 1.165) is 0 Å². The maximum Gasteiger partial charge on any atom is 0.412 e. The lowest BCUT2D eigenvalue weighted by Gasteiger charge is -2.19. The molecule has 0 bridgehead atoms. The summed E-state index contributed by atoms with van der Waals surface area (Å²) in [6, 6.07) is 3.89. The molecular weight excluding hydrogens is 260 g/mol. The first-order chi connectivity index (χ1) is 8.19. The lowest BCUT2D eigenvalue weighted by molar-refractivity contribution is -0.383. The van der Waals surface area contributed by atoms with Crippen LogP contribution >= 0.6 is 11.6 Å². The van der Waals surface area contributed by atoms with Crippen molar-refractivity contribution in [2.24, 2.45) is 0 Å². The van der Waals surface area contributed by atoms with Crippen molar-refractivity contribution in [3.63, 3.8) is 0 Å². The van der Waals surface area contributed by atoms with Crippen molar-refractivity contribution >= 4 is 29.1 Å². The number of anilines is 1. The first-order valence-electron chi connectivity index (χ1n) is 5.13. The zero-order valence-electron chi connectivity index (χ0n) is 10.2. The highest BCUT2D eigenvalue weighted by Gasteiger charge is 2.20. The number of carbonyl (C=O) groups excluding carboxylic acids is 1. The summed E-state index contributed by atoms with van der Waals surface area (Å²) in [6.45, 7) is 5.08. The van der Waals surface area contributed by atoms with Gasteiger partial charge in [-0.25, -0.2) is 4.79 Å². The average Bonchev–Trinajstić information content (AvgIpc) is 2.13. The molecule has 1 aromatic rings. The molecule has 0 spiro atoms. The summed E-state index contributed by atoms with van der Waals surface area (Å²) >= 11 is 5.72. The summed E-state index contributed by atoms with van der Waals surface area (Å²) < 4.78 is 5.00. The molecule has 0 aliphatic heterocycles. The molecular formula is C11H13ClN2O4. The van der Waals surface area contributed by atoms with Crippen molar-refractivity contribution in [1.29, 1.82) is 0 Å². The number of ether oxygens (including phenoxy) is 1. The highest BCUT2D eigenvalue weighted by Crippen LogP contribution is 2.28. The molecule has 0 aliphatic rings. The first-order valence-corrected chi connectivity index (χ1v) is 5.51. The molecule has 0 radical (unpaired) electrons. The van der Waals surface area contributed by atoms with Gasteiger partial charge >= 0.3 is 6.09 Å². The van der Waals surface area contributed by atoms with Crippen LogP contribution in [0.1, 0.15) is 20.8 Å². The van der Waals surface area contributed by atoms with Gasteiger partial charge in [-0.15, -0.1) is 0 Å². The molecule has 1 rings (SSSR count). The van der Waals surface area contributed by atoms with Gasteiger partial charge in [-0.2, -0.15) is 0 Å². The summed E-state index contributed by atoms with van der Waals surface area (Å²) in [5, 5.41) is 13.4. The maximum absolute atomic E-state index is 11.5. The Morgan fingerprint density at radius 1 is 1.44 bits per heavy atom. The van der Waals surface area contributed by atoms with Crippen LogP contribution in [0.4, 0.5) is 16.2 Å². The topological polar surface area (TPSA) is 81.5 Å². The Morgan fingerprint density at radius 2 is 2.06 bits per heavy atom. The van der Waals surface area contributed by atoms with Crippen LogP contribution in [0.25, 0.3) is 0 Å². The van der Waals surface area contributed by atoms with Gasteiger partial charge in [0.1, 0.15) is 11.3 Å². The SMILES string of the molecule is CC(C)(C)OC(=O)Nc1cc(Cl)ccc1[N+](=O)[O-]. The first kappa shape index (κ1) is 14.2. The molecule has 6 nitrogen and oxygen atoms in total. The Kier molecular flexibility index (Phi) is 4.13. The summed E-state index contributed by atoms with van der Waals surface area (Å²) in [7, 11) is 0. The van der Waals surface area contributed by atoms with Crippen molar-refractivity contribution in [3.05, 3.63) is 33.3 Å². The van der Waals surface area contributed by atoms with E-state index in [4.69, 9.17) is 16.3 Å². The fourth-order valence-electron chi connectivity index (χ4n) is 1.18. The van der Waals surface area contributed by atoms with Crippen LogP contribution in [0.3, 0.4) is 0 Å². The monoisotopic (exact) mass is 272 g/mol. The minimum atomic E-state index is -0.770. The third-order valence-corrected chi connectivity index (χ3v) is 2.03. The van der Waals surface area contributed by atoms with E-state index in [2.05, 4.69) is 5.32 Å². The lowest BCUT2D eigenvalue weighted by Crippen LogP contribution is -2.27. The molecule has 0 atom stereocenters. The highest BCUT2D eigenvalue weighted by atomic mass is 35.5. The zero-order valence-corrected chi connectivity index (χ0v) is 10.9. The molecule has 1 N–H and O–H groups in total. The standard InChI is InChI=1S/C11H13ClN2O4/c1-11(2,3)18-10(15)13-8-6-7(12)4-5-9(8)14(16)17/h4-6H,1-3H3,(H,13,15). The number of rotatable bonds is 2. The number of hydrogen-bond donors (Lipinski definition) is 1. The maximum atomic E-state index is 11.5. The van der Waals surface area contributed by atoms with E-state index in [1.807, 2.05) is 0 Å². The van der Waals surface area contributed by atoms with Gasteiger partial charge in [0.25, 0.3) is 5.69 Å². The van der Waals surface area contributed by atoms with Crippen molar-refractivity contribution in [2.45, 2.75) is 26.4 Å². The van der Waals surface area contributed by atoms with E-state index >= 15 is 0 Å². The molecule has 7 heteroatoms. The second kappa shape index (κ2) is 5.22. The van der Waals surface area contributed by atoms with Gasteiger partial charge in [-0.05, 0) is 32.9 Å². The molecule has 0 saturated carbocycles. The van der Waals surface area contributed by atoms with Gasteiger partial charge in [0.15, 0.2) is 0 Å². The predicted octanol–water partition coefficient (Wildman–Crippen LogP) is 3.60. The minimum Gasteiger partial charge on any atom is -0.444 e. The van der Waals surface area contributed by atoms with E-state index < -0.39 is 16.6 Å². The number of nitrogens with one attached hydrogen (secondary N) is 1. The number of hydrogen-bond acceptors (Lipinski definition) is 4. The Morgan fingerprint density at radius 3 is 2.56 bits per heavy atom.